The van der Waals surface area contributed by atoms with Crippen molar-refractivity contribution in [3.05, 3.63) is 70.6 Å². The Morgan fingerprint density at radius 1 is 1.08 bits per heavy atom. The maximum atomic E-state index is 6.13. The number of nitrogen functional groups attached to an aromatic ring is 2. The van der Waals surface area contributed by atoms with Crippen LogP contribution in [0.4, 0.5) is 22.9 Å². The van der Waals surface area contributed by atoms with Crippen molar-refractivity contribution in [3.8, 4) is 0 Å². The zero-order valence-corrected chi connectivity index (χ0v) is 14.7. The quantitative estimate of drug-likeness (QED) is 0.474. The van der Waals surface area contributed by atoms with E-state index >= 15 is 0 Å². The standard InChI is InChI=1S/C19H20ClN5/c1-12-11-23-19(20)25-18(12)24-16-7-8-17(22)14(10-16)6-5-13-3-2-4-15(21)9-13/h2-4,7-11H,5-6,21-22H2,1H3,(H,23,24,25). The molecule has 0 fully saturated rings. The third kappa shape index (κ3) is 4.39. The van der Waals surface area contributed by atoms with Crippen molar-refractivity contribution in [1.82, 2.24) is 9.97 Å². The second kappa shape index (κ2) is 7.40. The van der Waals surface area contributed by atoms with Gasteiger partial charge in [-0.3, -0.25) is 0 Å². The van der Waals surface area contributed by atoms with Crippen LogP contribution >= 0.6 is 11.6 Å². The summed E-state index contributed by atoms with van der Waals surface area (Å²) >= 11 is 5.88. The average molecular weight is 354 g/mol. The number of benzene rings is 2. The molecule has 0 spiro atoms. The summed E-state index contributed by atoms with van der Waals surface area (Å²) in [4.78, 5) is 8.19. The highest BCUT2D eigenvalue weighted by Crippen LogP contribution is 2.24. The zero-order chi connectivity index (χ0) is 17.8. The molecule has 6 heteroatoms. The summed E-state index contributed by atoms with van der Waals surface area (Å²) in [6.07, 6.45) is 3.39. The van der Waals surface area contributed by atoms with Crippen molar-refractivity contribution in [2.45, 2.75) is 19.8 Å². The predicted octanol–water partition coefficient (Wildman–Crippen LogP) is 4.13. The molecule has 2 aromatic carbocycles. The summed E-state index contributed by atoms with van der Waals surface area (Å²) in [7, 11) is 0. The molecule has 0 amide bonds. The van der Waals surface area contributed by atoms with Crippen molar-refractivity contribution in [1.29, 1.82) is 0 Å². The Bertz CT molecular complexity index is 895. The fourth-order valence-corrected chi connectivity index (χ4v) is 2.74. The molecule has 0 aliphatic heterocycles. The van der Waals surface area contributed by atoms with Crippen molar-refractivity contribution in [3.63, 3.8) is 0 Å². The maximum absolute atomic E-state index is 6.13. The smallest absolute Gasteiger partial charge is 0.224 e. The molecular formula is C19H20ClN5. The molecular weight excluding hydrogens is 334 g/mol. The number of anilines is 4. The van der Waals surface area contributed by atoms with E-state index in [1.807, 2.05) is 43.3 Å². The van der Waals surface area contributed by atoms with E-state index in [4.69, 9.17) is 23.1 Å². The SMILES string of the molecule is Cc1cnc(Cl)nc1Nc1ccc(N)c(CCc2cccc(N)c2)c1. The predicted molar refractivity (Wildman–Crippen MR) is 104 cm³/mol. The van der Waals surface area contributed by atoms with Crippen LogP contribution in [0.25, 0.3) is 0 Å². The first-order chi connectivity index (χ1) is 12.0. The molecule has 128 valence electrons. The summed E-state index contributed by atoms with van der Waals surface area (Å²) in [5, 5.41) is 3.49. The topological polar surface area (TPSA) is 89.8 Å². The van der Waals surface area contributed by atoms with Gasteiger partial charge in [0.15, 0.2) is 0 Å². The van der Waals surface area contributed by atoms with E-state index in [0.29, 0.717) is 5.82 Å². The number of hydrogen-bond acceptors (Lipinski definition) is 5. The summed E-state index contributed by atoms with van der Waals surface area (Å²) < 4.78 is 0. The second-order valence-corrected chi connectivity index (χ2v) is 6.29. The van der Waals surface area contributed by atoms with Gasteiger partial charge in [0.2, 0.25) is 5.28 Å². The highest BCUT2D eigenvalue weighted by Gasteiger charge is 2.06. The molecule has 0 aliphatic carbocycles. The fourth-order valence-electron chi connectivity index (χ4n) is 2.61. The Morgan fingerprint density at radius 3 is 2.72 bits per heavy atom. The van der Waals surface area contributed by atoms with Gasteiger partial charge < -0.3 is 16.8 Å². The third-order valence-corrected chi connectivity index (χ3v) is 4.16. The summed E-state index contributed by atoms with van der Waals surface area (Å²) in [6, 6.07) is 13.8. The van der Waals surface area contributed by atoms with Gasteiger partial charge in [0, 0.05) is 28.8 Å². The van der Waals surface area contributed by atoms with Gasteiger partial charge in [0.05, 0.1) is 0 Å². The molecule has 0 unspecified atom stereocenters. The molecule has 5 nitrogen and oxygen atoms in total. The first-order valence-corrected chi connectivity index (χ1v) is 8.38. The van der Waals surface area contributed by atoms with Crippen molar-refractivity contribution in [2.24, 2.45) is 0 Å². The Labute approximate surface area is 152 Å². The van der Waals surface area contributed by atoms with Crippen LogP contribution in [0.1, 0.15) is 16.7 Å². The van der Waals surface area contributed by atoms with E-state index in [0.717, 1.165) is 41.0 Å². The molecule has 3 rings (SSSR count). The normalized spacial score (nSPS) is 10.6. The molecule has 0 saturated heterocycles. The van der Waals surface area contributed by atoms with Crippen LogP contribution in [0.3, 0.4) is 0 Å². The molecule has 3 aromatic rings. The van der Waals surface area contributed by atoms with Gasteiger partial charge >= 0.3 is 0 Å². The minimum atomic E-state index is 0.213. The highest BCUT2D eigenvalue weighted by molar-refractivity contribution is 6.28. The van der Waals surface area contributed by atoms with Gasteiger partial charge in [-0.05, 0) is 72.8 Å². The Morgan fingerprint density at radius 2 is 1.92 bits per heavy atom. The molecule has 0 bridgehead atoms. The minimum absolute atomic E-state index is 0.213. The van der Waals surface area contributed by atoms with Crippen LogP contribution in [-0.4, -0.2) is 9.97 Å². The number of aromatic nitrogens is 2. The van der Waals surface area contributed by atoms with E-state index in [1.165, 1.54) is 5.56 Å². The van der Waals surface area contributed by atoms with Crippen LogP contribution in [-0.2, 0) is 12.8 Å². The lowest BCUT2D eigenvalue weighted by Crippen LogP contribution is -2.02. The Balaban J connectivity index is 1.77. The summed E-state index contributed by atoms with van der Waals surface area (Å²) in [5.41, 5.74) is 17.6. The fraction of sp³-hybridized carbons (Fsp3) is 0.158. The van der Waals surface area contributed by atoms with E-state index in [-0.39, 0.29) is 5.28 Å². The number of nitrogens with two attached hydrogens (primary N) is 2. The van der Waals surface area contributed by atoms with Crippen LogP contribution < -0.4 is 16.8 Å². The second-order valence-electron chi connectivity index (χ2n) is 5.95. The van der Waals surface area contributed by atoms with Gasteiger partial charge in [-0.1, -0.05) is 12.1 Å². The largest absolute Gasteiger partial charge is 0.399 e. The van der Waals surface area contributed by atoms with Crippen LogP contribution in [0.15, 0.2) is 48.7 Å². The highest BCUT2D eigenvalue weighted by atomic mass is 35.5. The van der Waals surface area contributed by atoms with E-state index in [9.17, 15) is 0 Å². The van der Waals surface area contributed by atoms with Gasteiger partial charge in [-0.25, -0.2) is 9.97 Å². The van der Waals surface area contributed by atoms with Crippen LogP contribution in [0.5, 0.6) is 0 Å². The van der Waals surface area contributed by atoms with E-state index in [1.54, 1.807) is 6.20 Å². The molecule has 0 saturated carbocycles. The van der Waals surface area contributed by atoms with E-state index in [2.05, 4.69) is 21.4 Å². The van der Waals surface area contributed by atoms with Crippen LogP contribution in [0.2, 0.25) is 5.28 Å². The number of nitrogens with zero attached hydrogens (tertiary/aromatic N) is 2. The average Bonchev–Trinajstić information content (AvgIpc) is 2.58. The third-order valence-electron chi connectivity index (χ3n) is 3.98. The van der Waals surface area contributed by atoms with Gasteiger partial charge in [0.1, 0.15) is 5.82 Å². The molecule has 25 heavy (non-hydrogen) atoms. The lowest BCUT2D eigenvalue weighted by molar-refractivity contribution is 0.964. The number of hydrogen-bond donors (Lipinski definition) is 3. The van der Waals surface area contributed by atoms with Crippen molar-refractivity contribution in [2.75, 3.05) is 16.8 Å². The number of aryl methyl sites for hydroxylation is 3. The minimum Gasteiger partial charge on any atom is -0.399 e. The van der Waals surface area contributed by atoms with Crippen molar-refractivity contribution >= 4 is 34.5 Å². The lowest BCUT2D eigenvalue weighted by atomic mass is 10.0. The van der Waals surface area contributed by atoms with E-state index < -0.39 is 0 Å². The number of nitrogens with one attached hydrogen (secondary N) is 1. The Hall–Kier alpha value is -2.79. The molecule has 1 heterocycles. The summed E-state index contributed by atoms with van der Waals surface area (Å²) in [5.74, 6) is 0.687. The molecule has 0 radical (unpaired) electrons. The molecule has 1 aromatic heterocycles. The van der Waals surface area contributed by atoms with Crippen LogP contribution in [0, 0.1) is 6.92 Å². The summed E-state index contributed by atoms with van der Waals surface area (Å²) in [6.45, 7) is 1.93. The zero-order valence-electron chi connectivity index (χ0n) is 14.0. The Kier molecular flexibility index (Phi) is 5.05. The molecule has 5 N–H and O–H groups in total. The number of rotatable bonds is 5. The first-order valence-electron chi connectivity index (χ1n) is 8.00. The van der Waals surface area contributed by atoms with Gasteiger partial charge in [-0.15, -0.1) is 0 Å². The van der Waals surface area contributed by atoms with Gasteiger partial charge in [-0.2, -0.15) is 0 Å². The number of halogens is 1. The molecule has 0 atom stereocenters. The lowest BCUT2D eigenvalue weighted by Gasteiger charge is -2.12. The van der Waals surface area contributed by atoms with Crippen molar-refractivity contribution < 1.29 is 0 Å². The maximum Gasteiger partial charge on any atom is 0.224 e. The first kappa shape index (κ1) is 17.0. The molecule has 0 aliphatic rings. The van der Waals surface area contributed by atoms with Gasteiger partial charge in [0.25, 0.3) is 0 Å². The monoisotopic (exact) mass is 353 g/mol.